The number of nitrogens with zero attached hydrogens (tertiary/aromatic N) is 1. The zero-order valence-electron chi connectivity index (χ0n) is 9.87. The normalized spacial score (nSPS) is 15.9. The van der Waals surface area contributed by atoms with Crippen LogP contribution >= 0.6 is 11.8 Å². The van der Waals surface area contributed by atoms with Crippen LogP contribution in [-0.2, 0) is 13.0 Å². The maximum absolute atomic E-state index is 11.8. The average molecular weight is 237 g/mol. The molecule has 1 heterocycles. The third-order valence-corrected chi connectivity index (χ3v) is 3.82. The minimum absolute atomic E-state index is 0.344. The van der Waals surface area contributed by atoms with Crippen molar-refractivity contribution in [3.05, 3.63) is 23.5 Å². The average Bonchev–Trinajstić information content (AvgIpc) is 2.61. The van der Waals surface area contributed by atoms with E-state index in [4.69, 9.17) is 0 Å². The summed E-state index contributed by atoms with van der Waals surface area (Å²) in [5, 5.41) is 0. The van der Waals surface area contributed by atoms with Crippen molar-refractivity contribution in [3.8, 4) is 0 Å². The monoisotopic (exact) mass is 237 g/mol. The fourth-order valence-electron chi connectivity index (χ4n) is 2.26. The molecular formula is C13H19NOS. The van der Waals surface area contributed by atoms with Crippen LogP contribution < -0.4 is 0 Å². The highest BCUT2D eigenvalue weighted by Gasteiger charge is 2.17. The van der Waals surface area contributed by atoms with Crippen molar-refractivity contribution in [1.29, 1.82) is 0 Å². The smallest absolute Gasteiger partial charge is 0.164 e. The Morgan fingerprint density at radius 3 is 2.94 bits per heavy atom. The molecule has 0 N–H and O–H groups in total. The fraction of sp³-hybridized carbons (Fsp3) is 0.615. The van der Waals surface area contributed by atoms with Crippen molar-refractivity contribution in [2.24, 2.45) is 0 Å². The lowest BCUT2D eigenvalue weighted by atomic mass is 10.1. The topological polar surface area (TPSA) is 22.0 Å². The van der Waals surface area contributed by atoms with Gasteiger partial charge in [-0.2, -0.15) is 11.8 Å². The Bertz CT molecular complexity index is 370. The van der Waals surface area contributed by atoms with E-state index in [0.29, 0.717) is 5.78 Å². The van der Waals surface area contributed by atoms with Crippen molar-refractivity contribution in [2.45, 2.75) is 38.6 Å². The van der Waals surface area contributed by atoms with Gasteiger partial charge < -0.3 is 4.57 Å². The molecule has 0 atom stereocenters. The van der Waals surface area contributed by atoms with Gasteiger partial charge in [-0.25, -0.2) is 0 Å². The van der Waals surface area contributed by atoms with Gasteiger partial charge >= 0.3 is 0 Å². The van der Waals surface area contributed by atoms with E-state index in [1.807, 2.05) is 11.8 Å². The Morgan fingerprint density at radius 2 is 2.12 bits per heavy atom. The van der Waals surface area contributed by atoms with Gasteiger partial charge in [-0.3, -0.25) is 4.79 Å². The Morgan fingerprint density at radius 1 is 1.31 bits per heavy atom. The lowest BCUT2D eigenvalue weighted by Crippen LogP contribution is -1.98. The van der Waals surface area contributed by atoms with E-state index in [0.717, 1.165) is 37.8 Å². The zero-order valence-corrected chi connectivity index (χ0v) is 10.7. The Kier molecular flexibility index (Phi) is 4.10. The van der Waals surface area contributed by atoms with Gasteiger partial charge in [-0.15, -0.1) is 0 Å². The number of hydrogen-bond donors (Lipinski definition) is 0. The number of carbonyl (C=O) groups excluding carboxylic acids is 1. The quantitative estimate of drug-likeness (QED) is 0.593. The first-order valence-electron chi connectivity index (χ1n) is 6.02. The first-order valence-corrected chi connectivity index (χ1v) is 7.41. The predicted molar refractivity (Wildman–Crippen MR) is 69.3 cm³/mol. The minimum atomic E-state index is 0.344. The van der Waals surface area contributed by atoms with E-state index >= 15 is 0 Å². The molecule has 1 aromatic rings. The molecule has 16 heavy (non-hydrogen) atoms. The van der Waals surface area contributed by atoms with Gasteiger partial charge in [0.05, 0.1) is 0 Å². The largest absolute Gasteiger partial charge is 0.353 e. The van der Waals surface area contributed by atoms with Crippen LogP contribution in [0.1, 0.15) is 41.6 Å². The summed E-state index contributed by atoms with van der Waals surface area (Å²) in [6.45, 7) is 1.04. The molecule has 0 amide bonds. The van der Waals surface area contributed by atoms with E-state index in [1.54, 1.807) is 0 Å². The number of carbonyl (C=O) groups is 1. The minimum Gasteiger partial charge on any atom is -0.353 e. The van der Waals surface area contributed by atoms with Crippen LogP contribution in [0.3, 0.4) is 0 Å². The maximum atomic E-state index is 11.8. The second-order valence-corrected chi connectivity index (χ2v) is 5.40. The van der Waals surface area contributed by atoms with E-state index in [1.165, 1.54) is 17.7 Å². The van der Waals surface area contributed by atoms with Crippen LogP contribution in [0.2, 0.25) is 0 Å². The van der Waals surface area contributed by atoms with Gasteiger partial charge in [0, 0.05) is 30.9 Å². The second-order valence-electron chi connectivity index (χ2n) is 4.41. The first-order chi connectivity index (χ1) is 7.81. The molecule has 0 bridgehead atoms. The molecule has 2 nitrogen and oxygen atoms in total. The number of Topliss-reactive ketones (excluding diaryl/α,β-unsaturated/α-hetero) is 1. The number of aromatic nitrogens is 1. The molecule has 0 saturated carbocycles. The van der Waals surface area contributed by atoms with Crippen molar-refractivity contribution >= 4 is 17.5 Å². The molecule has 0 aliphatic heterocycles. The van der Waals surface area contributed by atoms with Gasteiger partial charge in [0.1, 0.15) is 0 Å². The summed E-state index contributed by atoms with van der Waals surface area (Å²) < 4.78 is 2.20. The van der Waals surface area contributed by atoms with Gasteiger partial charge in [-0.05, 0) is 43.3 Å². The second kappa shape index (κ2) is 5.58. The summed E-state index contributed by atoms with van der Waals surface area (Å²) in [5.41, 5.74) is 2.26. The summed E-state index contributed by atoms with van der Waals surface area (Å²) in [7, 11) is 0. The molecule has 88 valence electrons. The van der Waals surface area contributed by atoms with Crippen molar-refractivity contribution in [1.82, 2.24) is 4.57 Å². The van der Waals surface area contributed by atoms with Crippen LogP contribution in [0.15, 0.2) is 12.4 Å². The van der Waals surface area contributed by atoms with Crippen LogP contribution in [-0.4, -0.2) is 22.4 Å². The summed E-state index contributed by atoms with van der Waals surface area (Å²) in [6, 6.07) is 0. The van der Waals surface area contributed by atoms with Crippen molar-refractivity contribution in [3.63, 3.8) is 0 Å². The molecule has 0 unspecified atom stereocenters. The van der Waals surface area contributed by atoms with Crippen LogP contribution in [0.25, 0.3) is 0 Å². The first kappa shape index (κ1) is 11.8. The van der Waals surface area contributed by atoms with Crippen LogP contribution in [0, 0.1) is 0 Å². The molecule has 0 saturated heterocycles. The molecule has 0 aromatic carbocycles. The molecular weight excluding hydrogens is 218 g/mol. The third kappa shape index (κ3) is 2.70. The Hall–Kier alpha value is -0.700. The molecule has 2 rings (SSSR count). The molecule has 1 aliphatic carbocycles. The number of aryl methyl sites for hydroxylation is 2. The highest BCUT2D eigenvalue weighted by Crippen LogP contribution is 2.21. The van der Waals surface area contributed by atoms with Gasteiger partial charge in [0.25, 0.3) is 0 Å². The summed E-state index contributed by atoms with van der Waals surface area (Å²) in [4.78, 5) is 11.8. The van der Waals surface area contributed by atoms with Crippen molar-refractivity contribution in [2.75, 3.05) is 12.0 Å². The number of rotatable bonds is 4. The molecule has 0 spiro atoms. The summed E-state index contributed by atoms with van der Waals surface area (Å²) in [6.07, 6.45) is 11.6. The lowest BCUT2D eigenvalue weighted by Gasteiger charge is -2.01. The summed E-state index contributed by atoms with van der Waals surface area (Å²) in [5.74, 6) is 1.53. The number of fused-ring (bicyclic) bond motifs is 1. The molecule has 0 radical (unpaired) electrons. The molecule has 3 heteroatoms. The third-order valence-electron chi connectivity index (χ3n) is 3.13. The summed E-state index contributed by atoms with van der Waals surface area (Å²) >= 11 is 1.88. The van der Waals surface area contributed by atoms with Crippen molar-refractivity contribution < 1.29 is 4.79 Å². The SMILES string of the molecule is CSCCCn1cc2c(c1)C(=O)CCCC2. The van der Waals surface area contributed by atoms with E-state index in [9.17, 15) is 4.79 Å². The highest BCUT2D eigenvalue weighted by atomic mass is 32.2. The number of hydrogen-bond acceptors (Lipinski definition) is 2. The zero-order chi connectivity index (χ0) is 11.4. The van der Waals surface area contributed by atoms with E-state index in [2.05, 4.69) is 23.2 Å². The van der Waals surface area contributed by atoms with Gasteiger partial charge in [-0.1, -0.05) is 0 Å². The van der Waals surface area contributed by atoms with Gasteiger partial charge in [0.15, 0.2) is 5.78 Å². The van der Waals surface area contributed by atoms with Crippen LogP contribution in [0.4, 0.5) is 0 Å². The lowest BCUT2D eigenvalue weighted by molar-refractivity contribution is 0.0982. The molecule has 1 aromatic heterocycles. The van der Waals surface area contributed by atoms with Crippen LogP contribution in [0.5, 0.6) is 0 Å². The molecule has 0 fully saturated rings. The highest BCUT2D eigenvalue weighted by molar-refractivity contribution is 7.98. The number of thioether (sulfide) groups is 1. The van der Waals surface area contributed by atoms with Gasteiger partial charge in [0.2, 0.25) is 0 Å². The van der Waals surface area contributed by atoms with E-state index in [-0.39, 0.29) is 0 Å². The fourth-order valence-corrected chi connectivity index (χ4v) is 2.68. The predicted octanol–water partition coefficient (Wildman–Crippen LogP) is 3.15. The van der Waals surface area contributed by atoms with E-state index < -0.39 is 0 Å². The Labute approximate surface area is 101 Å². The standard InChI is InChI=1S/C13H19NOS/c1-16-8-4-7-14-9-11-5-2-3-6-13(15)12(11)10-14/h9-10H,2-8H2,1H3. The Balaban J connectivity index is 2.07. The molecule has 1 aliphatic rings. The number of ketones is 1. The maximum Gasteiger partial charge on any atom is 0.164 e.